The summed E-state index contributed by atoms with van der Waals surface area (Å²) in [6.45, 7) is 2.04. The summed E-state index contributed by atoms with van der Waals surface area (Å²) < 4.78 is 5.35. The van der Waals surface area contributed by atoms with Crippen molar-refractivity contribution in [3.8, 4) is 5.75 Å². The van der Waals surface area contributed by atoms with E-state index >= 15 is 0 Å². The van der Waals surface area contributed by atoms with Crippen molar-refractivity contribution in [3.05, 3.63) is 29.8 Å². The van der Waals surface area contributed by atoms with Crippen LogP contribution >= 0.6 is 0 Å². The Bertz CT molecular complexity index is 429. The molecule has 1 atom stereocenters. The Labute approximate surface area is 112 Å². The van der Waals surface area contributed by atoms with Crippen LogP contribution in [0.1, 0.15) is 37.8 Å². The molecule has 0 radical (unpaired) electrons. The Kier molecular flexibility index (Phi) is 6.02. The molecule has 19 heavy (non-hydrogen) atoms. The number of benzene rings is 1. The number of ether oxygens (including phenoxy) is 1. The summed E-state index contributed by atoms with van der Waals surface area (Å²) in [4.78, 5) is 22.1. The van der Waals surface area contributed by atoms with E-state index in [0.29, 0.717) is 12.2 Å². The zero-order valence-corrected chi connectivity index (χ0v) is 11.1. The van der Waals surface area contributed by atoms with E-state index in [9.17, 15) is 9.59 Å². The average molecular weight is 264 g/mol. The quantitative estimate of drug-likeness (QED) is 0.740. The fourth-order valence-electron chi connectivity index (χ4n) is 1.66. The molecule has 1 amide bonds. The topological polar surface area (TPSA) is 95.4 Å². The molecule has 0 heterocycles. The van der Waals surface area contributed by atoms with E-state index in [-0.39, 0.29) is 18.8 Å². The van der Waals surface area contributed by atoms with Gasteiger partial charge >= 0.3 is 0 Å². The minimum Gasteiger partial charge on any atom is -0.486 e. The molecule has 0 bridgehead atoms. The fraction of sp³-hybridized carbons (Fsp3) is 0.429. The molecule has 0 aliphatic heterocycles. The maximum Gasteiger partial charge on any atom is 0.219 e. The predicted octanol–water partition coefficient (Wildman–Crippen LogP) is 1.31. The Hall–Kier alpha value is -1.88. The second kappa shape index (κ2) is 7.53. The monoisotopic (exact) mass is 264 g/mol. The summed E-state index contributed by atoms with van der Waals surface area (Å²) in [7, 11) is 0. The molecule has 1 aromatic rings. The molecular weight excluding hydrogens is 244 g/mol. The van der Waals surface area contributed by atoms with Crippen LogP contribution in [0.2, 0.25) is 0 Å². The molecule has 0 aliphatic rings. The number of ketones is 1. The molecule has 104 valence electrons. The number of amides is 1. The first-order valence-corrected chi connectivity index (χ1v) is 6.31. The molecule has 5 heteroatoms. The van der Waals surface area contributed by atoms with Gasteiger partial charge in [0.05, 0.1) is 0 Å². The van der Waals surface area contributed by atoms with Gasteiger partial charge in [0.1, 0.15) is 12.4 Å². The third kappa shape index (κ3) is 5.52. The molecule has 0 spiro atoms. The number of hydrogen-bond donors (Lipinski definition) is 2. The molecule has 4 N–H and O–H groups in total. The SMILES string of the molecule is CCCC(=O)COc1ccc(C(N)CC(N)=O)cc1. The molecule has 0 aliphatic carbocycles. The lowest BCUT2D eigenvalue weighted by molar-refractivity contribution is -0.121. The van der Waals surface area contributed by atoms with Gasteiger partial charge in [0.2, 0.25) is 5.91 Å². The van der Waals surface area contributed by atoms with Crippen molar-refractivity contribution in [1.82, 2.24) is 0 Å². The number of hydrogen-bond acceptors (Lipinski definition) is 4. The smallest absolute Gasteiger partial charge is 0.219 e. The van der Waals surface area contributed by atoms with E-state index in [2.05, 4.69) is 0 Å². The molecule has 5 nitrogen and oxygen atoms in total. The molecular formula is C14H20N2O3. The lowest BCUT2D eigenvalue weighted by Gasteiger charge is -2.11. The van der Waals surface area contributed by atoms with Gasteiger partial charge in [-0.05, 0) is 24.1 Å². The van der Waals surface area contributed by atoms with E-state index in [1.807, 2.05) is 6.92 Å². The molecule has 1 rings (SSSR count). The molecule has 1 unspecified atom stereocenters. The number of Topliss-reactive ketones (excluding diaryl/α,β-unsaturated/α-hetero) is 1. The highest BCUT2D eigenvalue weighted by Crippen LogP contribution is 2.18. The van der Waals surface area contributed by atoms with Crippen LogP contribution in [0, 0.1) is 0 Å². The van der Waals surface area contributed by atoms with E-state index in [1.54, 1.807) is 24.3 Å². The van der Waals surface area contributed by atoms with Gasteiger partial charge in [-0.2, -0.15) is 0 Å². The summed E-state index contributed by atoms with van der Waals surface area (Å²) in [5.74, 6) is 0.259. The number of carbonyl (C=O) groups is 2. The second-order valence-electron chi connectivity index (χ2n) is 4.42. The van der Waals surface area contributed by atoms with Crippen molar-refractivity contribution in [1.29, 1.82) is 0 Å². The van der Waals surface area contributed by atoms with Crippen LogP contribution < -0.4 is 16.2 Å². The van der Waals surface area contributed by atoms with Gasteiger partial charge in [-0.15, -0.1) is 0 Å². The van der Waals surface area contributed by atoms with Gasteiger partial charge in [-0.25, -0.2) is 0 Å². The van der Waals surface area contributed by atoms with Crippen LogP contribution in [0.25, 0.3) is 0 Å². The zero-order valence-electron chi connectivity index (χ0n) is 11.1. The van der Waals surface area contributed by atoms with Crippen molar-refractivity contribution < 1.29 is 14.3 Å². The largest absolute Gasteiger partial charge is 0.486 e. The summed E-state index contributed by atoms with van der Waals surface area (Å²) in [5, 5.41) is 0. The summed E-state index contributed by atoms with van der Waals surface area (Å²) in [6.07, 6.45) is 1.46. The van der Waals surface area contributed by atoms with E-state index in [0.717, 1.165) is 12.0 Å². The van der Waals surface area contributed by atoms with Gasteiger partial charge in [-0.1, -0.05) is 19.1 Å². The van der Waals surface area contributed by atoms with Gasteiger partial charge in [0.25, 0.3) is 0 Å². The fourth-order valence-corrected chi connectivity index (χ4v) is 1.66. The molecule has 0 fully saturated rings. The van der Waals surface area contributed by atoms with Crippen LogP contribution in [0.15, 0.2) is 24.3 Å². The van der Waals surface area contributed by atoms with Crippen molar-refractivity contribution in [3.63, 3.8) is 0 Å². The number of rotatable bonds is 8. The van der Waals surface area contributed by atoms with Gasteiger partial charge in [0.15, 0.2) is 5.78 Å². The third-order valence-corrected chi connectivity index (χ3v) is 2.66. The maximum absolute atomic E-state index is 11.3. The van der Waals surface area contributed by atoms with Gasteiger partial charge in [0, 0.05) is 18.9 Å². The van der Waals surface area contributed by atoms with E-state index in [4.69, 9.17) is 16.2 Å². The first kappa shape index (κ1) is 15.2. The second-order valence-corrected chi connectivity index (χ2v) is 4.42. The highest BCUT2D eigenvalue weighted by atomic mass is 16.5. The Morgan fingerprint density at radius 2 is 1.89 bits per heavy atom. The van der Waals surface area contributed by atoms with Crippen molar-refractivity contribution in [2.24, 2.45) is 11.5 Å². The van der Waals surface area contributed by atoms with Crippen molar-refractivity contribution in [2.45, 2.75) is 32.2 Å². The van der Waals surface area contributed by atoms with Crippen molar-refractivity contribution in [2.75, 3.05) is 6.61 Å². The number of nitrogens with two attached hydrogens (primary N) is 2. The first-order chi connectivity index (χ1) is 9.02. The summed E-state index contributed by atoms with van der Waals surface area (Å²) in [6, 6.07) is 6.60. The molecule has 0 saturated carbocycles. The standard InChI is InChI=1S/C14H20N2O3/c1-2-3-11(17)9-19-12-6-4-10(5-7-12)13(15)8-14(16)18/h4-7,13H,2-3,8-9,15H2,1H3,(H2,16,18). The van der Waals surface area contributed by atoms with Crippen LogP contribution in [0.5, 0.6) is 5.75 Å². The Balaban J connectivity index is 2.51. The van der Waals surface area contributed by atoms with E-state index in [1.165, 1.54) is 0 Å². The summed E-state index contributed by atoms with van der Waals surface area (Å²) in [5.41, 5.74) is 11.7. The Morgan fingerprint density at radius 3 is 2.42 bits per heavy atom. The van der Waals surface area contributed by atoms with Gasteiger partial charge in [-0.3, -0.25) is 9.59 Å². The van der Waals surface area contributed by atoms with Crippen molar-refractivity contribution >= 4 is 11.7 Å². The first-order valence-electron chi connectivity index (χ1n) is 6.31. The summed E-state index contributed by atoms with van der Waals surface area (Å²) >= 11 is 0. The highest BCUT2D eigenvalue weighted by Gasteiger charge is 2.09. The number of carbonyl (C=O) groups excluding carboxylic acids is 2. The average Bonchev–Trinajstić information content (AvgIpc) is 2.36. The molecule has 0 aromatic heterocycles. The van der Waals surface area contributed by atoms with Gasteiger partial charge < -0.3 is 16.2 Å². The van der Waals surface area contributed by atoms with Crippen LogP contribution in [0.4, 0.5) is 0 Å². The van der Waals surface area contributed by atoms with Crippen LogP contribution in [0.3, 0.4) is 0 Å². The molecule has 1 aromatic carbocycles. The van der Waals surface area contributed by atoms with Crippen LogP contribution in [-0.2, 0) is 9.59 Å². The number of primary amides is 1. The predicted molar refractivity (Wildman–Crippen MR) is 72.6 cm³/mol. The Morgan fingerprint density at radius 1 is 1.26 bits per heavy atom. The minimum atomic E-state index is -0.432. The highest BCUT2D eigenvalue weighted by molar-refractivity contribution is 5.79. The lowest BCUT2D eigenvalue weighted by Crippen LogP contribution is -2.20. The normalized spacial score (nSPS) is 11.9. The minimum absolute atomic E-state index is 0.0806. The molecule has 0 saturated heterocycles. The zero-order chi connectivity index (χ0) is 14.3. The lowest BCUT2D eigenvalue weighted by atomic mass is 10.0. The van der Waals surface area contributed by atoms with Crippen LogP contribution in [-0.4, -0.2) is 18.3 Å². The maximum atomic E-state index is 11.3. The van der Waals surface area contributed by atoms with E-state index < -0.39 is 11.9 Å². The third-order valence-electron chi connectivity index (χ3n) is 2.66.